The van der Waals surface area contributed by atoms with E-state index in [2.05, 4.69) is 14.9 Å². The van der Waals surface area contributed by atoms with Crippen LogP contribution in [0.3, 0.4) is 0 Å². The Labute approximate surface area is 120 Å². The summed E-state index contributed by atoms with van der Waals surface area (Å²) >= 11 is 0. The Morgan fingerprint density at radius 1 is 1.38 bits per heavy atom. The number of rotatable bonds is 6. The van der Waals surface area contributed by atoms with Gasteiger partial charge in [-0.1, -0.05) is 17.3 Å². The number of benzene rings is 1. The van der Waals surface area contributed by atoms with E-state index in [1.54, 1.807) is 25.1 Å². The van der Waals surface area contributed by atoms with E-state index in [0.717, 1.165) is 0 Å². The normalized spacial score (nSPS) is 11.3. The van der Waals surface area contributed by atoms with E-state index in [-0.39, 0.29) is 11.6 Å². The lowest BCUT2D eigenvalue weighted by Crippen LogP contribution is -2.19. The first-order chi connectivity index (χ1) is 9.87. The molecule has 0 atom stereocenters. The monoisotopic (exact) mass is 311 g/mol. The van der Waals surface area contributed by atoms with E-state index < -0.39 is 28.2 Å². The molecule has 8 nitrogen and oxygen atoms in total. The Kier molecular flexibility index (Phi) is 4.22. The molecule has 0 aliphatic rings. The predicted molar refractivity (Wildman–Crippen MR) is 74.1 cm³/mol. The van der Waals surface area contributed by atoms with Crippen LogP contribution in [0.4, 0.5) is 5.69 Å². The van der Waals surface area contributed by atoms with Crippen LogP contribution in [0.15, 0.2) is 28.8 Å². The summed E-state index contributed by atoms with van der Waals surface area (Å²) in [7, 11) is -3.77. The molecule has 0 amide bonds. The molecule has 0 radical (unpaired) electrons. The second-order valence-electron chi connectivity index (χ2n) is 4.26. The van der Waals surface area contributed by atoms with Crippen molar-refractivity contribution >= 4 is 21.7 Å². The minimum Gasteiger partial charge on any atom is -0.481 e. The predicted octanol–water partition coefficient (Wildman–Crippen LogP) is 1.26. The van der Waals surface area contributed by atoms with Crippen molar-refractivity contribution in [2.45, 2.75) is 13.3 Å². The van der Waals surface area contributed by atoms with Crippen LogP contribution in [0, 0.1) is 6.92 Å². The minimum absolute atomic E-state index is 0.184. The molecule has 0 bridgehead atoms. The second kappa shape index (κ2) is 5.92. The third-order valence-corrected chi connectivity index (χ3v) is 3.81. The number of aliphatic carboxylic acids is 1. The summed E-state index contributed by atoms with van der Waals surface area (Å²) in [5.41, 5.74) is 0.684. The van der Waals surface area contributed by atoms with Gasteiger partial charge < -0.3 is 9.63 Å². The highest BCUT2D eigenvalue weighted by Crippen LogP contribution is 2.27. The lowest BCUT2D eigenvalue weighted by atomic mass is 10.2. The number of hydrogen-bond acceptors (Lipinski definition) is 6. The molecule has 9 heteroatoms. The number of aryl methyl sites for hydroxylation is 1. The Hall–Kier alpha value is -2.42. The number of carbonyl (C=O) groups is 1. The highest BCUT2D eigenvalue weighted by Gasteiger charge is 2.17. The van der Waals surface area contributed by atoms with Crippen LogP contribution in [0.5, 0.6) is 0 Å². The summed E-state index contributed by atoms with van der Waals surface area (Å²) in [5.74, 6) is -1.08. The molecule has 0 saturated carbocycles. The summed E-state index contributed by atoms with van der Waals surface area (Å²) in [6, 6.07) is 6.50. The van der Waals surface area contributed by atoms with E-state index >= 15 is 0 Å². The quantitative estimate of drug-likeness (QED) is 0.823. The van der Waals surface area contributed by atoms with Crippen LogP contribution in [0.25, 0.3) is 11.5 Å². The molecule has 0 fully saturated rings. The van der Waals surface area contributed by atoms with Crippen LogP contribution < -0.4 is 4.72 Å². The zero-order valence-corrected chi connectivity index (χ0v) is 11.9. The van der Waals surface area contributed by atoms with Crippen LogP contribution in [-0.2, 0) is 14.8 Å². The number of hydrogen-bond donors (Lipinski definition) is 2. The van der Waals surface area contributed by atoms with Gasteiger partial charge in [0.05, 0.1) is 23.4 Å². The highest BCUT2D eigenvalue weighted by atomic mass is 32.2. The topological polar surface area (TPSA) is 122 Å². The average Bonchev–Trinajstić information content (AvgIpc) is 2.83. The lowest BCUT2D eigenvalue weighted by Gasteiger charge is -2.09. The van der Waals surface area contributed by atoms with Gasteiger partial charge >= 0.3 is 5.97 Å². The summed E-state index contributed by atoms with van der Waals surface area (Å²) in [5, 5.41) is 12.2. The third-order valence-electron chi connectivity index (χ3n) is 2.54. The summed E-state index contributed by atoms with van der Waals surface area (Å²) in [4.78, 5) is 14.5. The Balaban J connectivity index is 2.27. The van der Waals surface area contributed by atoms with Crippen molar-refractivity contribution in [2.75, 3.05) is 10.5 Å². The molecule has 0 spiro atoms. The average molecular weight is 311 g/mol. The van der Waals surface area contributed by atoms with Crippen LogP contribution in [0.1, 0.15) is 12.2 Å². The van der Waals surface area contributed by atoms with Gasteiger partial charge in [0.1, 0.15) is 0 Å². The van der Waals surface area contributed by atoms with Crippen molar-refractivity contribution in [1.82, 2.24) is 10.1 Å². The number of nitrogens with one attached hydrogen (secondary N) is 1. The molecule has 21 heavy (non-hydrogen) atoms. The van der Waals surface area contributed by atoms with Crippen molar-refractivity contribution in [2.24, 2.45) is 0 Å². The van der Waals surface area contributed by atoms with Gasteiger partial charge in [-0.05, 0) is 19.1 Å². The first-order valence-electron chi connectivity index (χ1n) is 5.99. The Bertz CT molecular complexity index is 754. The molecular formula is C12H13N3O5S. The summed E-state index contributed by atoms with van der Waals surface area (Å²) < 4.78 is 31.0. The van der Waals surface area contributed by atoms with E-state index in [1.165, 1.54) is 6.07 Å². The summed E-state index contributed by atoms with van der Waals surface area (Å²) in [6.45, 7) is 1.65. The molecule has 2 aromatic rings. The highest BCUT2D eigenvalue weighted by molar-refractivity contribution is 7.92. The number of carboxylic acid groups (broad SMARTS) is 1. The first-order valence-corrected chi connectivity index (χ1v) is 7.64. The Morgan fingerprint density at radius 3 is 2.71 bits per heavy atom. The Morgan fingerprint density at radius 2 is 2.10 bits per heavy atom. The second-order valence-corrected chi connectivity index (χ2v) is 6.10. The number of aromatic nitrogens is 2. The van der Waals surface area contributed by atoms with Gasteiger partial charge in [0.15, 0.2) is 5.82 Å². The third kappa shape index (κ3) is 4.02. The molecule has 2 N–H and O–H groups in total. The van der Waals surface area contributed by atoms with Crippen molar-refractivity contribution in [1.29, 1.82) is 0 Å². The smallest absolute Gasteiger partial charge is 0.304 e. The van der Waals surface area contributed by atoms with Crippen molar-refractivity contribution < 1.29 is 22.8 Å². The maximum Gasteiger partial charge on any atom is 0.304 e. The number of sulfonamides is 1. The fourth-order valence-electron chi connectivity index (χ4n) is 1.61. The zero-order chi connectivity index (χ0) is 15.5. The van der Waals surface area contributed by atoms with Crippen LogP contribution in [-0.4, -0.2) is 35.4 Å². The van der Waals surface area contributed by atoms with Gasteiger partial charge in [0.25, 0.3) is 5.89 Å². The molecule has 1 heterocycles. The number of carboxylic acids is 1. The molecule has 0 aliphatic heterocycles. The van der Waals surface area contributed by atoms with Gasteiger partial charge in [-0.3, -0.25) is 9.52 Å². The van der Waals surface area contributed by atoms with Gasteiger partial charge in [-0.2, -0.15) is 4.98 Å². The molecule has 0 saturated heterocycles. The maximum absolute atomic E-state index is 11.9. The first kappa shape index (κ1) is 15.0. The molecule has 2 rings (SSSR count). The van der Waals surface area contributed by atoms with E-state index in [1.807, 2.05) is 0 Å². The lowest BCUT2D eigenvalue weighted by molar-refractivity contribution is -0.136. The molecule has 1 aromatic heterocycles. The number of nitrogens with zero attached hydrogens (tertiary/aromatic N) is 2. The molecule has 1 aromatic carbocycles. The fraction of sp³-hybridized carbons (Fsp3) is 0.250. The summed E-state index contributed by atoms with van der Waals surface area (Å²) in [6.07, 6.45) is -0.475. The molecule has 0 unspecified atom stereocenters. The SMILES string of the molecule is Cc1noc(-c2ccccc2NS(=O)(=O)CCC(=O)O)n1. The van der Waals surface area contributed by atoms with Crippen molar-refractivity contribution in [3.8, 4) is 11.5 Å². The van der Waals surface area contributed by atoms with Crippen molar-refractivity contribution in [3.63, 3.8) is 0 Å². The van der Waals surface area contributed by atoms with Crippen molar-refractivity contribution in [3.05, 3.63) is 30.1 Å². The maximum atomic E-state index is 11.9. The van der Waals surface area contributed by atoms with Gasteiger partial charge in [-0.15, -0.1) is 0 Å². The standard InChI is InChI=1S/C12H13N3O5S/c1-8-13-12(20-14-8)9-4-2-3-5-10(9)15-21(18,19)7-6-11(16)17/h2-5,15H,6-7H2,1H3,(H,16,17). The molecule has 112 valence electrons. The van der Waals surface area contributed by atoms with Crippen LogP contribution in [0.2, 0.25) is 0 Å². The molecule has 0 aliphatic carbocycles. The number of anilines is 1. The van der Waals surface area contributed by atoms with Gasteiger partial charge in [0.2, 0.25) is 10.0 Å². The van der Waals surface area contributed by atoms with Crippen LogP contribution >= 0.6 is 0 Å². The minimum atomic E-state index is -3.77. The largest absolute Gasteiger partial charge is 0.481 e. The van der Waals surface area contributed by atoms with Gasteiger partial charge in [0, 0.05) is 0 Å². The number of para-hydroxylation sites is 1. The fourth-order valence-corrected chi connectivity index (χ4v) is 2.66. The molecular weight excluding hydrogens is 298 g/mol. The zero-order valence-electron chi connectivity index (χ0n) is 11.1. The van der Waals surface area contributed by atoms with E-state index in [0.29, 0.717) is 11.4 Å². The van der Waals surface area contributed by atoms with Gasteiger partial charge in [-0.25, -0.2) is 8.42 Å². The van der Waals surface area contributed by atoms with E-state index in [9.17, 15) is 13.2 Å². The van der Waals surface area contributed by atoms with E-state index in [4.69, 9.17) is 9.63 Å².